The van der Waals surface area contributed by atoms with Gasteiger partial charge in [-0.2, -0.15) is 0 Å². The molecule has 7 heteroatoms. The number of esters is 1. The molecule has 0 bridgehead atoms. The summed E-state index contributed by atoms with van der Waals surface area (Å²) in [6.45, 7) is 11.8. The average molecular weight is 370 g/mol. The Kier molecular flexibility index (Phi) is 7.90. The zero-order valence-corrected chi connectivity index (χ0v) is 17.0. The average Bonchev–Trinajstić information content (AvgIpc) is 2.70. The molecule has 1 aliphatic heterocycles. The number of nitrogens with one attached hydrogen (secondary N) is 1. The maximum absolute atomic E-state index is 12.9. The van der Waals surface area contributed by atoms with Crippen LogP contribution in [-0.4, -0.2) is 53.2 Å². The SMILES string of the molecule is CC(C)(C)OC(=O)C[C@H](NC(=O)OC(C)(C)C)C(=O)N1CCCCCC1. The van der Waals surface area contributed by atoms with Gasteiger partial charge >= 0.3 is 12.1 Å². The van der Waals surface area contributed by atoms with Crippen LogP contribution in [0.1, 0.15) is 73.6 Å². The lowest BCUT2D eigenvalue weighted by molar-refractivity contribution is -0.157. The van der Waals surface area contributed by atoms with Gasteiger partial charge in [0.25, 0.3) is 0 Å². The molecule has 0 aliphatic carbocycles. The molecule has 1 atom stereocenters. The van der Waals surface area contributed by atoms with Gasteiger partial charge in [-0.25, -0.2) is 4.79 Å². The Balaban J connectivity index is 2.83. The van der Waals surface area contributed by atoms with E-state index in [-0.39, 0.29) is 12.3 Å². The number of hydrogen-bond acceptors (Lipinski definition) is 5. The van der Waals surface area contributed by atoms with E-state index in [0.29, 0.717) is 13.1 Å². The number of carbonyl (C=O) groups is 3. The van der Waals surface area contributed by atoms with Crippen LogP contribution in [0, 0.1) is 0 Å². The Labute approximate surface area is 156 Å². The van der Waals surface area contributed by atoms with Gasteiger partial charge in [0, 0.05) is 13.1 Å². The molecule has 0 aromatic carbocycles. The summed E-state index contributed by atoms with van der Waals surface area (Å²) in [7, 11) is 0. The predicted molar refractivity (Wildman–Crippen MR) is 98.7 cm³/mol. The number of ether oxygens (including phenoxy) is 2. The molecule has 2 amide bonds. The molecule has 1 aliphatic rings. The standard InChI is InChI=1S/C19H34N2O5/c1-18(2,3)25-15(22)13-14(20-17(24)26-19(4,5)6)16(23)21-11-9-7-8-10-12-21/h14H,7-13H2,1-6H3,(H,20,24)/t14-/m0/s1. The lowest BCUT2D eigenvalue weighted by Gasteiger charge is -2.28. The maximum atomic E-state index is 12.9. The smallest absolute Gasteiger partial charge is 0.408 e. The van der Waals surface area contributed by atoms with Crippen molar-refractivity contribution in [2.24, 2.45) is 0 Å². The van der Waals surface area contributed by atoms with Crippen molar-refractivity contribution in [1.82, 2.24) is 10.2 Å². The number of amides is 2. The van der Waals surface area contributed by atoms with Crippen LogP contribution >= 0.6 is 0 Å². The molecule has 0 unspecified atom stereocenters. The Morgan fingerprint density at radius 1 is 0.885 bits per heavy atom. The van der Waals surface area contributed by atoms with Gasteiger partial charge in [0.05, 0.1) is 6.42 Å². The first-order valence-corrected chi connectivity index (χ1v) is 9.37. The first-order valence-electron chi connectivity index (χ1n) is 9.37. The summed E-state index contributed by atoms with van der Waals surface area (Å²) in [5.74, 6) is -0.787. The zero-order chi connectivity index (χ0) is 20.0. The minimum Gasteiger partial charge on any atom is -0.460 e. The topological polar surface area (TPSA) is 84.9 Å². The highest BCUT2D eigenvalue weighted by Crippen LogP contribution is 2.15. The molecule has 0 radical (unpaired) electrons. The second kappa shape index (κ2) is 9.24. The van der Waals surface area contributed by atoms with Crippen molar-refractivity contribution in [2.45, 2.75) is 90.9 Å². The van der Waals surface area contributed by atoms with Crippen LogP contribution in [0.15, 0.2) is 0 Å². The van der Waals surface area contributed by atoms with Crippen molar-refractivity contribution in [3.8, 4) is 0 Å². The van der Waals surface area contributed by atoms with Crippen LogP contribution < -0.4 is 5.32 Å². The van der Waals surface area contributed by atoms with Crippen LogP contribution in [0.3, 0.4) is 0 Å². The normalized spacial score (nSPS) is 17.1. The summed E-state index contributed by atoms with van der Waals surface area (Å²) in [6, 6.07) is -0.988. The van der Waals surface area contributed by atoms with E-state index in [1.807, 2.05) is 0 Å². The summed E-state index contributed by atoms with van der Waals surface area (Å²) in [5, 5.41) is 2.55. The van der Waals surface area contributed by atoms with Crippen LogP contribution in [0.5, 0.6) is 0 Å². The fraction of sp³-hybridized carbons (Fsp3) is 0.842. The summed E-state index contributed by atoms with van der Waals surface area (Å²) >= 11 is 0. The summed E-state index contributed by atoms with van der Waals surface area (Å²) < 4.78 is 10.6. The lowest BCUT2D eigenvalue weighted by Crippen LogP contribution is -2.51. The molecule has 1 saturated heterocycles. The molecule has 150 valence electrons. The van der Waals surface area contributed by atoms with Gasteiger partial charge in [-0.1, -0.05) is 12.8 Å². The molecule has 0 aromatic rings. The molecule has 26 heavy (non-hydrogen) atoms. The van der Waals surface area contributed by atoms with Crippen molar-refractivity contribution >= 4 is 18.0 Å². The molecule has 0 spiro atoms. The largest absolute Gasteiger partial charge is 0.460 e. The second-order valence-electron chi connectivity index (χ2n) is 8.73. The van der Waals surface area contributed by atoms with Gasteiger partial charge in [0.15, 0.2) is 0 Å². The molecule has 1 fully saturated rings. The number of nitrogens with zero attached hydrogens (tertiary/aromatic N) is 1. The Morgan fingerprint density at radius 3 is 1.85 bits per heavy atom. The van der Waals surface area contributed by atoms with Gasteiger partial charge in [0.1, 0.15) is 17.2 Å². The van der Waals surface area contributed by atoms with E-state index in [1.54, 1.807) is 46.4 Å². The fourth-order valence-electron chi connectivity index (χ4n) is 2.71. The van der Waals surface area contributed by atoms with Gasteiger partial charge in [-0.15, -0.1) is 0 Å². The molecular formula is C19H34N2O5. The lowest BCUT2D eigenvalue weighted by atomic mass is 10.1. The Bertz CT molecular complexity index is 467. The fourth-order valence-corrected chi connectivity index (χ4v) is 2.71. The Hall–Kier alpha value is -1.79. The minimum absolute atomic E-state index is 0.216. The first kappa shape index (κ1) is 22.3. The minimum atomic E-state index is -0.988. The van der Waals surface area contributed by atoms with Crippen LogP contribution in [0.25, 0.3) is 0 Å². The monoisotopic (exact) mass is 370 g/mol. The van der Waals surface area contributed by atoms with Crippen molar-refractivity contribution < 1.29 is 23.9 Å². The molecule has 0 aromatic heterocycles. The van der Waals surface area contributed by atoms with Crippen molar-refractivity contribution in [3.63, 3.8) is 0 Å². The molecule has 1 N–H and O–H groups in total. The maximum Gasteiger partial charge on any atom is 0.408 e. The van der Waals surface area contributed by atoms with Crippen molar-refractivity contribution in [1.29, 1.82) is 0 Å². The quantitative estimate of drug-likeness (QED) is 0.769. The van der Waals surface area contributed by atoms with Crippen LogP contribution in [0.2, 0.25) is 0 Å². The molecular weight excluding hydrogens is 336 g/mol. The van der Waals surface area contributed by atoms with Gasteiger partial charge < -0.3 is 19.7 Å². The van der Waals surface area contributed by atoms with Crippen molar-refractivity contribution in [2.75, 3.05) is 13.1 Å². The predicted octanol–water partition coefficient (Wildman–Crippen LogP) is 3.01. The number of likely N-dealkylation sites (tertiary alicyclic amines) is 1. The Morgan fingerprint density at radius 2 is 1.38 bits per heavy atom. The summed E-state index contributed by atoms with van der Waals surface area (Å²) in [5.41, 5.74) is -1.34. The zero-order valence-electron chi connectivity index (χ0n) is 17.0. The van der Waals surface area contributed by atoms with E-state index in [9.17, 15) is 14.4 Å². The highest BCUT2D eigenvalue weighted by Gasteiger charge is 2.31. The van der Waals surface area contributed by atoms with E-state index < -0.39 is 29.3 Å². The molecule has 0 saturated carbocycles. The van der Waals surface area contributed by atoms with Crippen LogP contribution in [-0.2, 0) is 19.1 Å². The van der Waals surface area contributed by atoms with E-state index in [2.05, 4.69) is 5.32 Å². The molecule has 1 rings (SSSR count). The number of hydrogen-bond donors (Lipinski definition) is 1. The summed E-state index contributed by atoms with van der Waals surface area (Å²) in [4.78, 5) is 39.0. The van der Waals surface area contributed by atoms with E-state index in [0.717, 1.165) is 25.7 Å². The number of rotatable bonds is 4. The third-order valence-corrected chi connectivity index (χ3v) is 3.70. The third kappa shape index (κ3) is 9.06. The second-order valence-corrected chi connectivity index (χ2v) is 8.73. The first-order chi connectivity index (χ1) is 11.9. The number of alkyl carbamates (subject to hydrolysis) is 1. The van der Waals surface area contributed by atoms with Gasteiger partial charge in [-0.05, 0) is 54.4 Å². The molecule has 1 heterocycles. The number of carbonyl (C=O) groups excluding carboxylic acids is 3. The van der Waals surface area contributed by atoms with E-state index >= 15 is 0 Å². The van der Waals surface area contributed by atoms with E-state index in [4.69, 9.17) is 9.47 Å². The highest BCUT2D eigenvalue weighted by atomic mass is 16.6. The van der Waals surface area contributed by atoms with Gasteiger partial charge in [0.2, 0.25) is 5.91 Å². The van der Waals surface area contributed by atoms with Crippen LogP contribution in [0.4, 0.5) is 4.79 Å². The van der Waals surface area contributed by atoms with E-state index in [1.165, 1.54) is 0 Å². The van der Waals surface area contributed by atoms with Gasteiger partial charge in [-0.3, -0.25) is 9.59 Å². The summed E-state index contributed by atoms with van der Waals surface area (Å²) in [6.07, 6.45) is 3.09. The highest BCUT2D eigenvalue weighted by molar-refractivity contribution is 5.89. The molecule has 7 nitrogen and oxygen atoms in total. The third-order valence-electron chi connectivity index (χ3n) is 3.70. The van der Waals surface area contributed by atoms with Crippen molar-refractivity contribution in [3.05, 3.63) is 0 Å².